The third-order valence-corrected chi connectivity index (χ3v) is 13.5. The zero-order valence-corrected chi connectivity index (χ0v) is 24.8. The first kappa shape index (κ1) is 25.4. The third-order valence-electron chi connectivity index (χ3n) is 8.72. The summed E-state index contributed by atoms with van der Waals surface area (Å²) in [7, 11) is -2.55. The highest BCUT2D eigenvalue weighted by Gasteiger charge is 2.76. The first-order chi connectivity index (χ1) is 19.7. The number of thioether (sulfide) groups is 2. The summed E-state index contributed by atoms with van der Waals surface area (Å²) in [5.74, 6) is -0.570. The van der Waals surface area contributed by atoms with Gasteiger partial charge >= 0.3 is 0 Å². The van der Waals surface area contributed by atoms with E-state index in [0.717, 1.165) is 22.0 Å². The molecule has 2 unspecified atom stereocenters. The molecule has 0 saturated carbocycles. The average Bonchev–Trinajstić information content (AvgIpc) is 3.58. The molecule has 9 rings (SSSR count). The van der Waals surface area contributed by atoms with Crippen molar-refractivity contribution < 1.29 is 18.0 Å². The van der Waals surface area contributed by atoms with E-state index >= 15 is 0 Å². The van der Waals surface area contributed by atoms with Crippen LogP contribution in [0.15, 0.2) is 90.0 Å². The number of para-hydroxylation sites is 2. The highest BCUT2D eigenvalue weighted by atomic mass is 32.2. The highest BCUT2D eigenvalue weighted by Crippen LogP contribution is 2.67. The number of hydrogen-bond acceptors (Lipinski definition) is 7. The smallest absolute Gasteiger partial charge is 0.266 e. The maximum absolute atomic E-state index is 14.6. The van der Waals surface area contributed by atoms with Crippen LogP contribution >= 0.6 is 35.7 Å². The summed E-state index contributed by atoms with van der Waals surface area (Å²) in [4.78, 5) is 33.9. The maximum atomic E-state index is 14.6. The second-order valence-electron chi connectivity index (χ2n) is 10.6. The number of carbonyl (C=O) groups excluding carboxylic acids is 2. The molecule has 2 bridgehead atoms. The van der Waals surface area contributed by atoms with Crippen molar-refractivity contribution in [1.29, 1.82) is 0 Å². The van der Waals surface area contributed by atoms with Gasteiger partial charge in [-0.05, 0) is 35.4 Å². The number of fused-ring (bicyclic) bond motifs is 7. The Morgan fingerprint density at radius 2 is 1.66 bits per heavy atom. The van der Waals surface area contributed by atoms with Crippen LogP contribution in [0.3, 0.4) is 0 Å². The summed E-state index contributed by atoms with van der Waals surface area (Å²) >= 11 is 8.07. The molecule has 0 aliphatic carbocycles. The molecule has 4 saturated heterocycles. The number of anilines is 1. The van der Waals surface area contributed by atoms with E-state index in [1.54, 1.807) is 54.4 Å². The van der Waals surface area contributed by atoms with Crippen LogP contribution < -0.4 is 4.31 Å². The molecule has 3 aromatic carbocycles. The Labute approximate surface area is 250 Å². The second kappa shape index (κ2) is 8.37. The Kier molecular flexibility index (Phi) is 5.19. The topological polar surface area (TPSA) is 93.8 Å². The second-order valence-corrected chi connectivity index (χ2v) is 16.0. The monoisotopic (exact) mass is 618 g/mol. The number of aromatic amines is 1. The summed E-state index contributed by atoms with van der Waals surface area (Å²) in [6.45, 7) is 0. The summed E-state index contributed by atoms with van der Waals surface area (Å²) in [6.07, 6.45) is 1.03. The predicted molar refractivity (Wildman–Crippen MR) is 164 cm³/mol. The van der Waals surface area contributed by atoms with Gasteiger partial charge in [0.1, 0.15) is 9.69 Å². The molecule has 2 amide bonds. The van der Waals surface area contributed by atoms with Crippen molar-refractivity contribution in [3.05, 3.63) is 96.2 Å². The quantitative estimate of drug-likeness (QED) is 0.339. The molecule has 4 aromatic rings. The first-order valence-corrected chi connectivity index (χ1v) is 16.5. The lowest BCUT2D eigenvalue weighted by Gasteiger charge is -2.47. The Hall–Kier alpha value is -3.32. The van der Waals surface area contributed by atoms with E-state index < -0.39 is 31.8 Å². The van der Waals surface area contributed by atoms with Crippen LogP contribution in [-0.2, 0) is 25.0 Å². The average molecular weight is 619 g/mol. The Bertz CT molecular complexity index is 1930. The lowest BCUT2D eigenvalue weighted by molar-refractivity contribution is -0.157. The van der Waals surface area contributed by atoms with Crippen LogP contribution in [0.5, 0.6) is 0 Å². The molecule has 1 spiro atoms. The fourth-order valence-corrected chi connectivity index (χ4v) is 12.1. The van der Waals surface area contributed by atoms with E-state index in [1.165, 1.54) is 32.7 Å². The summed E-state index contributed by atoms with van der Waals surface area (Å²) in [6, 6.07) is 23.5. The van der Waals surface area contributed by atoms with Crippen molar-refractivity contribution in [1.82, 2.24) is 14.8 Å². The Morgan fingerprint density at radius 1 is 0.951 bits per heavy atom. The van der Waals surface area contributed by atoms with Gasteiger partial charge in [-0.25, -0.2) is 12.7 Å². The normalized spacial score (nSPS) is 28.7. The van der Waals surface area contributed by atoms with E-state index in [1.807, 2.05) is 42.6 Å². The molecule has 4 fully saturated rings. The number of H-pyrrole nitrogens is 1. The molecule has 0 radical (unpaired) electrons. The summed E-state index contributed by atoms with van der Waals surface area (Å²) in [5.41, 5.74) is 1.90. The number of nitrogens with one attached hydrogen (secondary N) is 1. The lowest BCUT2D eigenvalue weighted by atomic mass is 9.72. The highest BCUT2D eigenvalue weighted by molar-refractivity contribution is 8.48. The number of amides is 2. The molecule has 5 aliphatic heterocycles. The zero-order valence-electron chi connectivity index (χ0n) is 21.6. The molecule has 41 heavy (non-hydrogen) atoms. The number of hydrogen-bond donors (Lipinski definition) is 1. The van der Waals surface area contributed by atoms with Gasteiger partial charge in [0, 0.05) is 30.6 Å². The molecule has 5 aliphatic rings. The minimum Gasteiger partial charge on any atom is -0.361 e. The van der Waals surface area contributed by atoms with Gasteiger partial charge in [-0.1, -0.05) is 90.3 Å². The van der Waals surface area contributed by atoms with Gasteiger partial charge < -0.3 is 9.88 Å². The fourth-order valence-electron chi connectivity index (χ4n) is 7.13. The number of rotatable bonds is 3. The molecule has 8 nitrogen and oxygen atoms in total. The van der Waals surface area contributed by atoms with Crippen LogP contribution in [0.2, 0.25) is 0 Å². The number of benzene rings is 3. The van der Waals surface area contributed by atoms with Crippen LogP contribution in [0.25, 0.3) is 10.9 Å². The number of likely N-dealkylation sites (N-methyl/N-ethyl adjacent to an activating group) is 1. The molecule has 4 atom stereocenters. The number of sulfonamides is 1. The number of thiocarbonyl (C=S) groups is 1. The number of nitrogens with zero attached hydrogens (tertiary/aromatic N) is 3. The van der Waals surface area contributed by atoms with Crippen LogP contribution in [0.4, 0.5) is 5.69 Å². The number of piperazine rings is 1. The van der Waals surface area contributed by atoms with Crippen molar-refractivity contribution in [3.8, 4) is 0 Å². The SMILES string of the molecule is CN1C(=O)C23CC4(c5c[nH]c6ccccc56)c5ccccc5N(S(=O)(=O)c5ccccc5)[C@H]4N2C(=O)[C@@H]1SC(=S)S3. The Balaban J connectivity index is 1.50. The Morgan fingerprint density at radius 3 is 2.46 bits per heavy atom. The van der Waals surface area contributed by atoms with Crippen LogP contribution in [0.1, 0.15) is 17.5 Å². The molecular formula is C29H22N4O4S4. The minimum atomic E-state index is -4.18. The van der Waals surface area contributed by atoms with E-state index in [0.29, 0.717) is 9.22 Å². The van der Waals surface area contributed by atoms with Crippen molar-refractivity contribution in [2.75, 3.05) is 11.4 Å². The van der Waals surface area contributed by atoms with Gasteiger partial charge in [0.25, 0.3) is 21.8 Å². The van der Waals surface area contributed by atoms with E-state index in [-0.39, 0.29) is 23.1 Å². The van der Waals surface area contributed by atoms with Gasteiger partial charge in [-0.2, -0.15) is 0 Å². The van der Waals surface area contributed by atoms with E-state index in [4.69, 9.17) is 12.2 Å². The summed E-state index contributed by atoms with van der Waals surface area (Å²) in [5, 5.41) is 0.0342. The van der Waals surface area contributed by atoms with E-state index in [2.05, 4.69) is 4.98 Å². The van der Waals surface area contributed by atoms with Crippen LogP contribution in [-0.4, -0.2) is 62.0 Å². The van der Waals surface area contributed by atoms with Gasteiger partial charge in [-0.15, -0.1) is 0 Å². The van der Waals surface area contributed by atoms with E-state index in [9.17, 15) is 18.0 Å². The molecule has 1 N–H and O–H groups in total. The van der Waals surface area contributed by atoms with Crippen molar-refractivity contribution in [3.63, 3.8) is 0 Å². The maximum Gasteiger partial charge on any atom is 0.266 e. The lowest BCUT2D eigenvalue weighted by Crippen LogP contribution is -2.69. The fraction of sp³-hybridized carbons (Fsp3) is 0.207. The van der Waals surface area contributed by atoms with Crippen LogP contribution in [0, 0.1) is 0 Å². The molecule has 206 valence electrons. The largest absolute Gasteiger partial charge is 0.361 e. The summed E-state index contributed by atoms with van der Waals surface area (Å²) < 4.78 is 31.2. The molecule has 6 heterocycles. The first-order valence-electron chi connectivity index (χ1n) is 13.0. The molecular weight excluding hydrogens is 597 g/mol. The zero-order chi connectivity index (χ0) is 28.3. The van der Waals surface area contributed by atoms with Gasteiger partial charge in [-0.3, -0.25) is 14.5 Å². The van der Waals surface area contributed by atoms with Crippen molar-refractivity contribution in [2.45, 2.75) is 33.1 Å². The third kappa shape index (κ3) is 3.03. The van der Waals surface area contributed by atoms with Gasteiger partial charge in [0.05, 0.1) is 16.0 Å². The standard InChI is InChI=1S/C29H22N4O4S4/c1-31-24-23(34)32-25-28(16-29(32,26(31)35)40-27(38)39-24,20-15-30-21-13-7-5-11-18(20)21)19-12-6-8-14-22(19)33(25)41(36,37)17-9-3-2-4-10-17/h2-15,24-25,30H,16H2,1H3/t24-,25+,28?,29?/m0/s1. The van der Waals surface area contributed by atoms with Crippen molar-refractivity contribution in [2.24, 2.45) is 0 Å². The molecule has 12 heteroatoms. The molecule has 1 aromatic heterocycles. The minimum absolute atomic E-state index is 0.110. The van der Waals surface area contributed by atoms with Crippen molar-refractivity contribution >= 4 is 77.7 Å². The van der Waals surface area contributed by atoms with Gasteiger partial charge in [0.15, 0.2) is 10.2 Å². The predicted octanol–water partition coefficient (Wildman–Crippen LogP) is 4.48. The van der Waals surface area contributed by atoms with Gasteiger partial charge in [0.2, 0.25) is 0 Å². The number of carbonyl (C=O) groups is 2. The number of aromatic nitrogens is 1.